The highest BCUT2D eigenvalue weighted by Crippen LogP contribution is 2.15. The van der Waals surface area contributed by atoms with Crippen LogP contribution in [0.15, 0.2) is 0 Å². The summed E-state index contributed by atoms with van der Waals surface area (Å²) in [7, 11) is 1.53. The second kappa shape index (κ2) is 3.01. The van der Waals surface area contributed by atoms with E-state index < -0.39 is 0 Å². The number of rotatable bonds is 1. The molecule has 1 saturated heterocycles. The first-order valence-corrected chi connectivity index (χ1v) is 3.47. The van der Waals surface area contributed by atoms with Crippen LogP contribution in [0.1, 0.15) is 19.8 Å². The van der Waals surface area contributed by atoms with Gasteiger partial charge in [0.15, 0.2) is 6.10 Å². The van der Waals surface area contributed by atoms with Gasteiger partial charge in [-0.3, -0.25) is 0 Å². The highest BCUT2D eigenvalue weighted by Gasteiger charge is 2.27. The zero-order valence-corrected chi connectivity index (χ0v) is 6.29. The van der Waals surface area contributed by atoms with Crippen molar-refractivity contribution in [3.8, 4) is 0 Å². The van der Waals surface area contributed by atoms with Crippen molar-refractivity contribution in [2.24, 2.45) is 0 Å². The Morgan fingerprint density at radius 1 is 1.60 bits per heavy atom. The number of esters is 1. The predicted molar refractivity (Wildman–Crippen MR) is 35.6 cm³/mol. The van der Waals surface area contributed by atoms with Gasteiger partial charge in [-0.05, 0) is 19.8 Å². The van der Waals surface area contributed by atoms with Crippen molar-refractivity contribution < 1.29 is 14.3 Å². The van der Waals surface area contributed by atoms with E-state index in [4.69, 9.17) is 9.47 Å². The standard InChI is InChI=1S/C7H12O3/c1-5-3-4-6(9-2)7(8)10-5/h5-6H,3-4H2,1-2H3. The zero-order valence-electron chi connectivity index (χ0n) is 6.29. The van der Waals surface area contributed by atoms with E-state index in [1.807, 2.05) is 6.92 Å². The summed E-state index contributed by atoms with van der Waals surface area (Å²) >= 11 is 0. The third-order valence-corrected chi connectivity index (χ3v) is 1.70. The molecule has 0 aromatic carbocycles. The van der Waals surface area contributed by atoms with Gasteiger partial charge in [0.2, 0.25) is 0 Å². The van der Waals surface area contributed by atoms with E-state index in [0.29, 0.717) is 0 Å². The minimum absolute atomic E-state index is 0.0684. The molecule has 0 bridgehead atoms. The first kappa shape index (κ1) is 7.54. The number of methoxy groups -OCH3 is 1. The van der Waals surface area contributed by atoms with Crippen LogP contribution in [-0.4, -0.2) is 25.3 Å². The van der Waals surface area contributed by atoms with Crippen molar-refractivity contribution in [2.75, 3.05) is 7.11 Å². The molecule has 2 atom stereocenters. The van der Waals surface area contributed by atoms with Crippen LogP contribution in [0.3, 0.4) is 0 Å². The largest absolute Gasteiger partial charge is 0.461 e. The molecule has 3 heteroatoms. The molecule has 2 unspecified atom stereocenters. The Bertz CT molecular complexity index is 133. The second-order valence-electron chi connectivity index (χ2n) is 2.55. The molecule has 1 aliphatic heterocycles. The highest BCUT2D eigenvalue weighted by atomic mass is 16.6. The lowest BCUT2D eigenvalue weighted by atomic mass is 10.1. The molecule has 0 amide bonds. The molecule has 0 aromatic heterocycles. The van der Waals surface area contributed by atoms with Crippen molar-refractivity contribution in [1.29, 1.82) is 0 Å². The summed E-state index contributed by atoms with van der Waals surface area (Å²) < 4.78 is 9.80. The summed E-state index contributed by atoms with van der Waals surface area (Å²) in [5.41, 5.74) is 0. The van der Waals surface area contributed by atoms with E-state index in [-0.39, 0.29) is 18.2 Å². The Hall–Kier alpha value is -0.570. The number of cyclic esters (lactones) is 1. The van der Waals surface area contributed by atoms with Crippen LogP contribution in [0.2, 0.25) is 0 Å². The summed E-state index contributed by atoms with van der Waals surface area (Å²) in [4.78, 5) is 10.9. The monoisotopic (exact) mass is 144 g/mol. The van der Waals surface area contributed by atoms with E-state index in [0.717, 1.165) is 12.8 Å². The number of carbonyl (C=O) groups excluding carboxylic acids is 1. The first-order chi connectivity index (χ1) is 4.74. The minimum Gasteiger partial charge on any atom is -0.461 e. The predicted octanol–water partition coefficient (Wildman–Crippen LogP) is 0.727. The molecule has 0 N–H and O–H groups in total. The van der Waals surface area contributed by atoms with E-state index >= 15 is 0 Å². The molecule has 1 aliphatic rings. The van der Waals surface area contributed by atoms with Crippen molar-refractivity contribution in [3.63, 3.8) is 0 Å². The van der Waals surface area contributed by atoms with E-state index in [2.05, 4.69) is 0 Å². The SMILES string of the molecule is COC1CCC(C)OC1=O. The number of ether oxygens (including phenoxy) is 2. The summed E-state index contributed by atoms with van der Waals surface area (Å²) in [6.07, 6.45) is 1.44. The Morgan fingerprint density at radius 3 is 2.80 bits per heavy atom. The van der Waals surface area contributed by atoms with Gasteiger partial charge in [0.05, 0.1) is 6.10 Å². The summed E-state index contributed by atoms with van der Waals surface area (Å²) in [5.74, 6) is -0.221. The number of hydrogen-bond donors (Lipinski definition) is 0. The van der Waals surface area contributed by atoms with Crippen molar-refractivity contribution in [1.82, 2.24) is 0 Å². The van der Waals surface area contributed by atoms with Gasteiger partial charge in [0, 0.05) is 7.11 Å². The molecule has 0 aromatic rings. The van der Waals surface area contributed by atoms with Gasteiger partial charge >= 0.3 is 5.97 Å². The Morgan fingerprint density at radius 2 is 2.30 bits per heavy atom. The third-order valence-electron chi connectivity index (χ3n) is 1.70. The fourth-order valence-electron chi connectivity index (χ4n) is 1.05. The topological polar surface area (TPSA) is 35.5 Å². The van der Waals surface area contributed by atoms with Gasteiger partial charge < -0.3 is 9.47 Å². The first-order valence-electron chi connectivity index (χ1n) is 3.47. The normalized spacial score (nSPS) is 33.6. The maximum absolute atomic E-state index is 10.9. The smallest absolute Gasteiger partial charge is 0.335 e. The lowest BCUT2D eigenvalue weighted by molar-refractivity contribution is -0.167. The zero-order chi connectivity index (χ0) is 7.56. The molecular formula is C7H12O3. The average molecular weight is 144 g/mol. The number of hydrogen-bond acceptors (Lipinski definition) is 3. The lowest BCUT2D eigenvalue weighted by Crippen LogP contribution is -2.34. The van der Waals surface area contributed by atoms with Crippen LogP contribution in [0.5, 0.6) is 0 Å². The molecule has 1 rings (SSSR count). The summed E-state index contributed by atoms with van der Waals surface area (Å²) in [6, 6.07) is 0. The van der Waals surface area contributed by atoms with Crippen molar-refractivity contribution in [3.05, 3.63) is 0 Å². The van der Waals surface area contributed by atoms with Gasteiger partial charge in [0.1, 0.15) is 0 Å². The van der Waals surface area contributed by atoms with Gasteiger partial charge in [-0.2, -0.15) is 0 Å². The van der Waals surface area contributed by atoms with E-state index in [1.54, 1.807) is 0 Å². The molecule has 3 nitrogen and oxygen atoms in total. The molecule has 0 spiro atoms. The number of carbonyl (C=O) groups is 1. The van der Waals surface area contributed by atoms with Crippen LogP contribution < -0.4 is 0 Å². The molecule has 1 heterocycles. The van der Waals surface area contributed by atoms with Crippen LogP contribution in [-0.2, 0) is 14.3 Å². The van der Waals surface area contributed by atoms with Crippen LogP contribution in [0.25, 0.3) is 0 Å². The molecule has 0 aliphatic carbocycles. The van der Waals surface area contributed by atoms with Gasteiger partial charge in [0.25, 0.3) is 0 Å². The van der Waals surface area contributed by atoms with Crippen LogP contribution in [0, 0.1) is 0 Å². The fraction of sp³-hybridized carbons (Fsp3) is 0.857. The quantitative estimate of drug-likeness (QED) is 0.509. The summed E-state index contributed by atoms with van der Waals surface area (Å²) in [5, 5.41) is 0. The van der Waals surface area contributed by atoms with Crippen molar-refractivity contribution in [2.45, 2.75) is 32.0 Å². The molecule has 10 heavy (non-hydrogen) atoms. The van der Waals surface area contributed by atoms with Crippen LogP contribution in [0.4, 0.5) is 0 Å². The molecule has 0 saturated carbocycles. The molecular weight excluding hydrogens is 132 g/mol. The average Bonchev–Trinajstić information content (AvgIpc) is 1.88. The Balaban J connectivity index is 2.43. The molecule has 0 radical (unpaired) electrons. The Kier molecular flexibility index (Phi) is 2.27. The van der Waals surface area contributed by atoms with Crippen LogP contribution >= 0.6 is 0 Å². The van der Waals surface area contributed by atoms with Gasteiger partial charge in [-0.15, -0.1) is 0 Å². The second-order valence-corrected chi connectivity index (χ2v) is 2.55. The van der Waals surface area contributed by atoms with Gasteiger partial charge in [-0.1, -0.05) is 0 Å². The third kappa shape index (κ3) is 1.48. The minimum atomic E-state index is -0.323. The van der Waals surface area contributed by atoms with E-state index in [1.165, 1.54) is 7.11 Å². The molecule has 1 fully saturated rings. The van der Waals surface area contributed by atoms with Gasteiger partial charge in [-0.25, -0.2) is 4.79 Å². The van der Waals surface area contributed by atoms with Crippen molar-refractivity contribution >= 4 is 5.97 Å². The lowest BCUT2D eigenvalue weighted by Gasteiger charge is -2.24. The summed E-state index contributed by atoms with van der Waals surface area (Å²) in [6.45, 7) is 1.89. The molecule has 58 valence electrons. The fourth-order valence-corrected chi connectivity index (χ4v) is 1.05. The maximum atomic E-state index is 10.9. The maximum Gasteiger partial charge on any atom is 0.335 e. The highest BCUT2D eigenvalue weighted by molar-refractivity contribution is 5.75. The van der Waals surface area contributed by atoms with E-state index in [9.17, 15) is 4.79 Å². The Labute approximate surface area is 60.3 Å².